The van der Waals surface area contributed by atoms with E-state index in [-0.39, 0.29) is 12.8 Å². The molecule has 5 nitrogen and oxygen atoms in total. The summed E-state index contributed by atoms with van der Waals surface area (Å²) in [7, 11) is 0. The number of nitrogens with zero attached hydrogens (tertiary/aromatic N) is 2. The quantitative estimate of drug-likeness (QED) is 0.753. The predicted octanol–water partition coefficient (Wildman–Crippen LogP) is 3.00. The summed E-state index contributed by atoms with van der Waals surface area (Å²) >= 11 is 0. The van der Waals surface area contributed by atoms with Gasteiger partial charge in [0.15, 0.2) is 11.5 Å². The normalized spacial score (nSPS) is 14.1. The molecule has 0 amide bonds. The summed E-state index contributed by atoms with van der Waals surface area (Å²) in [4.78, 5) is 4.72. The third-order valence-electron chi connectivity index (χ3n) is 4.03. The number of nitrogens with two attached hydrogens (primary N) is 1. The average Bonchev–Trinajstić information content (AvgIpc) is 3.19. The van der Waals surface area contributed by atoms with Crippen LogP contribution in [0.3, 0.4) is 0 Å². The summed E-state index contributed by atoms with van der Waals surface area (Å²) in [6.07, 6.45) is 1.85. The summed E-state index contributed by atoms with van der Waals surface area (Å²) < 4.78 is 12.9. The first kappa shape index (κ1) is 13.8. The summed E-state index contributed by atoms with van der Waals surface area (Å²) in [5.41, 5.74) is 9.42. The van der Waals surface area contributed by atoms with Gasteiger partial charge in [0.1, 0.15) is 5.82 Å². The molecule has 0 fully saturated rings. The highest BCUT2D eigenvalue weighted by Gasteiger charge is 2.21. The lowest BCUT2D eigenvalue weighted by Crippen LogP contribution is -2.17. The van der Waals surface area contributed by atoms with Crippen molar-refractivity contribution in [3.63, 3.8) is 0 Å². The van der Waals surface area contributed by atoms with Gasteiger partial charge in [-0.3, -0.25) is 0 Å². The van der Waals surface area contributed by atoms with E-state index >= 15 is 0 Å². The van der Waals surface area contributed by atoms with Gasteiger partial charge >= 0.3 is 0 Å². The van der Waals surface area contributed by atoms with Gasteiger partial charge in [-0.15, -0.1) is 6.58 Å². The number of rotatable bonds is 4. The highest BCUT2D eigenvalue weighted by molar-refractivity contribution is 5.76. The number of fused-ring (bicyclic) bond motifs is 2. The molecule has 0 radical (unpaired) electrons. The molecule has 3 aromatic rings. The van der Waals surface area contributed by atoms with E-state index in [9.17, 15) is 0 Å². The van der Waals surface area contributed by atoms with E-state index in [1.807, 2.05) is 48.5 Å². The van der Waals surface area contributed by atoms with E-state index in [1.165, 1.54) is 0 Å². The van der Waals surface area contributed by atoms with Gasteiger partial charge in [0.05, 0.1) is 17.1 Å². The zero-order chi connectivity index (χ0) is 15.8. The van der Waals surface area contributed by atoms with Crippen LogP contribution in [0.1, 0.15) is 17.4 Å². The molecule has 23 heavy (non-hydrogen) atoms. The molecule has 0 aliphatic carbocycles. The molecule has 5 heteroatoms. The largest absolute Gasteiger partial charge is 0.454 e. The summed E-state index contributed by atoms with van der Waals surface area (Å²) in [6, 6.07) is 13.4. The fraction of sp³-hybridized carbons (Fsp3) is 0.167. The Morgan fingerprint density at radius 2 is 2.04 bits per heavy atom. The van der Waals surface area contributed by atoms with E-state index < -0.39 is 0 Å². The predicted molar refractivity (Wildman–Crippen MR) is 88.5 cm³/mol. The van der Waals surface area contributed by atoms with Crippen LogP contribution in [0.2, 0.25) is 0 Å². The number of hydrogen-bond acceptors (Lipinski definition) is 4. The minimum absolute atomic E-state index is 0.253. The van der Waals surface area contributed by atoms with Crippen molar-refractivity contribution in [2.75, 3.05) is 6.79 Å². The highest BCUT2D eigenvalue weighted by atomic mass is 16.7. The molecule has 0 bridgehead atoms. The van der Waals surface area contributed by atoms with Gasteiger partial charge < -0.3 is 19.8 Å². The third-order valence-corrected chi connectivity index (χ3v) is 4.03. The Morgan fingerprint density at radius 1 is 1.22 bits per heavy atom. The first-order chi connectivity index (χ1) is 11.3. The van der Waals surface area contributed by atoms with Gasteiger partial charge in [0.2, 0.25) is 6.79 Å². The molecule has 4 rings (SSSR count). The van der Waals surface area contributed by atoms with Crippen LogP contribution in [-0.2, 0) is 6.54 Å². The molecule has 1 unspecified atom stereocenters. The van der Waals surface area contributed by atoms with Gasteiger partial charge in [-0.1, -0.05) is 24.3 Å². The van der Waals surface area contributed by atoms with Crippen molar-refractivity contribution in [3.8, 4) is 11.5 Å². The molecule has 0 saturated heterocycles. The molecule has 0 spiro atoms. The van der Waals surface area contributed by atoms with E-state index in [0.29, 0.717) is 6.54 Å². The van der Waals surface area contributed by atoms with Crippen LogP contribution in [-0.4, -0.2) is 16.3 Å². The minimum atomic E-state index is -0.350. The van der Waals surface area contributed by atoms with Crippen LogP contribution in [0.15, 0.2) is 55.1 Å². The van der Waals surface area contributed by atoms with Gasteiger partial charge in [0.25, 0.3) is 0 Å². The summed E-state index contributed by atoms with van der Waals surface area (Å²) in [5.74, 6) is 2.29. The van der Waals surface area contributed by atoms with Crippen molar-refractivity contribution in [2.24, 2.45) is 5.73 Å². The molecule has 2 N–H and O–H groups in total. The van der Waals surface area contributed by atoms with Crippen LogP contribution in [0.25, 0.3) is 11.0 Å². The Bertz CT molecular complexity index is 885. The van der Waals surface area contributed by atoms with Crippen molar-refractivity contribution >= 4 is 11.0 Å². The Balaban J connectivity index is 1.81. The second-order valence-electron chi connectivity index (χ2n) is 5.45. The molecule has 2 aromatic carbocycles. The van der Waals surface area contributed by atoms with Gasteiger partial charge in [0, 0.05) is 6.54 Å². The molecule has 0 saturated carbocycles. The summed E-state index contributed by atoms with van der Waals surface area (Å²) in [5, 5.41) is 0. The number of aromatic nitrogens is 2. The standard InChI is InChI=1S/C18H17N3O2/c1-2-9-21-14-6-4-3-5-13(14)20-18(21)17(19)12-7-8-15-16(10-12)23-11-22-15/h2-8,10,17H,1,9,11,19H2. The topological polar surface area (TPSA) is 62.3 Å². The maximum absolute atomic E-state index is 6.49. The second-order valence-corrected chi connectivity index (χ2v) is 5.45. The number of imidazole rings is 1. The zero-order valence-electron chi connectivity index (χ0n) is 12.6. The van der Waals surface area contributed by atoms with E-state index in [4.69, 9.17) is 20.2 Å². The van der Waals surface area contributed by atoms with Crippen LogP contribution in [0.5, 0.6) is 11.5 Å². The third kappa shape index (κ3) is 2.26. The number of ether oxygens (including phenoxy) is 2. The smallest absolute Gasteiger partial charge is 0.231 e. The number of hydrogen-bond donors (Lipinski definition) is 1. The highest BCUT2D eigenvalue weighted by Crippen LogP contribution is 2.35. The minimum Gasteiger partial charge on any atom is -0.454 e. The fourth-order valence-corrected chi connectivity index (χ4v) is 2.91. The summed E-state index contributed by atoms with van der Waals surface area (Å²) in [6.45, 7) is 4.75. The Kier molecular flexibility index (Phi) is 3.28. The lowest BCUT2D eigenvalue weighted by Gasteiger charge is -2.14. The van der Waals surface area contributed by atoms with Gasteiger partial charge in [-0.05, 0) is 29.8 Å². The Hall–Kier alpha value is -2.79. The average molecular weight is 307 g/mol. The maximum atomic E-state index is 6.49. The van der Waals surface area contributed by atoms with E-state index in [0.717, 1.165) is 33.9 Å². The van der Waals surface area contributed by atoms with Gasteiger partial charge in [-0.25, -0.2) is 4.98 Å². The maximum Gasteiger partial charge on any atom is 0.231 e. The Labute approximate surface area is 134 Å². The molecule has 2 heterocycles. The number of allylic oxidation sites excluding steroid dienone is 1. The zero-order valence-corrected chi connectivity index (χ0v) is 12.6. The van der Waals surface area contributed by atoms with Crippen molar-refractivity contribution in [3.05, 3.63) is 66.5 Å². The van der Waals surface area contributed by atoms with Crippen LogP contribution >= 0.6 is 0 Å². The van der Waals surface area contributed by atoms with Crippen LogP contribution in [0, 0.1) is 0 Å². The van der Waals surface area contributed by atoms with E-state index in [2.05, 4.69) is 11.1 Å². The van der Waals surface area contributed by atoms with Crippen molar-refractivity contribution in [1.82, 2.24) is 9.55 Å². The molecular formula is C18H17N3O2. The SMILES string of the molecule is C=CCn1c(C(N)c2ccc3c(c2)OCO3)nc2ccccc21. The monoisotopic (exact) mass is 307 g/mol. The molecule has 1 aromatic heterocycles. The molecular weight excluding hydrogens is 290 g/mol. The first-order valence-electron chi connectivity index (χ1n) is 7.49. The van der Waals surface area contributed by atoms with Crippen molar-refractivity contribution < 1.29 is 9.47 Å². The first-order valence-corrected chi connectivity index (χ1v) is 7.49. The molecule has 1 aliphatic rings. The molecule has 116 valence electrons. The second kappa shape index (κ2) is 5.44. The lowest BCUT2D eigenvalue weighted by atomic mass is 10.1. The van der Waals surface area contributed by atoms with Gasteiger partial charge in [-0.2, -0.15) is 0 Å². The molecule has 1 atom stereocenters. The number of para-hydroxylation sites is 2. The fourth-order valence-electron chi connectivity index (χ4n) is 2.91. The van der Waals surface area contributed by atoms with E-state index in [1.54, 1.807) is 0 Å². The van der Waals surface area contributed by atoms with Crippen LogP contribution < -0.4 is 15.2 Å². The van der Waals surface area contributed by atoms with Crippen molar-refractivity contribution in [2.45, 2.75) is 12.6 Å². The number of benzene rings is 2. The van der Waals surface area contributed by atoms with Crippen molar-refractivity contribution in [1.29, 1.82) is 0 Å². The van der Waals surface area contributed by atoms with Crippen LogP contribution in [0.4, 0.5) is 0 Å². The Morgan fingerprint density at radius 3 is 2.91 bits per heavy atom. The lowest BCUT2D eigenvalue weighted by molar-refractivity contribution is 0.174. The molecule has 1 aliphatic heterocycles.